The van der Waals surface area contributed by atoms with E-state index in [0.29, 0.717) is 0 Å². The number of aromatic nitrogens is 1. The lowest BCUT2D eigenvalue weighted by molar-refractivity contribution is -0.662. The molecule has 0 N–H and O–H groups in total. The fraction of sp³-hybridized carbons (Fsp3) is 0.194. The van der Waals surface area contributed by atoms with Gasteiger partial charge in [0.25, 0.3) is 0 Å². The molecule has 0 unspecified atom stereocenters. The van der Waals surface area contributed by atoms with Gasteiger partial charge in [-0.2, -0.15) is 4.57 Å². The molecule has 0 spiro atoms. The molecule has 0 aliphatic rings. The Hall–Kier alpha value is -2.63. The smallest absolute Gasteiger partial charge is 0.213 e. The van der Waals surface area contributed by atoms with E-state index in [1.54, 1.807) is 0 Å². The Morgan fingerprint density at radius 1 is 0.743 bits per heavy atom. The zero-order valence-corrected chi connectivity index (χ0v) is 23.7. The van der Waals surface area contributed by atoms with E-state index in [1.165, 1.54) is 33.6 Å². The maximum Gasteiger partial charge on any atom is 0.213 e. The predicted molar refractivity (Wildman–Crippen MR) is 147 cm³/mol. The molecule has 180 valence electrons. The van der Waals surface area contributed by atoms with Crippen molar-refractivity contribution in [2.75, 3.05) is 18.0 Å². The maximum atomic E-state index is 6.15. The number of hydrogen-bond donors (Lipinski definition) is 0. The Morgan fingerprint density at radius 3 is 1.94 bits per heavy atom. The lowest BCUT2D eigenvalue weighted by atomic mass is 10.0. The molecular formula is C31H32ClIN2. The first kappa shape index (κ1) is 27.0. The van der Waals surface area contributed by atoms with E-state index < -0.39 is 0 Å². The molecule has 3 aromatic carbocycles. The number of hydrogen-bond acceptors (Lipinski definition) is 1. The third kappa shape index (κ3) is 6.53. The number of benzene rings is 3. The van der Waals surface area contributed by atoms with Crippen molar-refractivity contribution in [3.05, 3.63) is 107 Å². The van der Waals surface area contributed by atoms with Gasteiger partial charge in [-0.3, -0.25) is 0 Å². The van der Waals surface area contributed by atoms with Gasteiger partial charge >= 0.3 is 0 Å². The summed E-state index contributed by atoms with van der Waals surface area (Å²) >= 11 is 6.15. The second-order valence-corrected chi connectivity index (χ2v) is 9.02. The SMILES string of the molecule is CCN(CC)c1ccc(/C=C/c2cc(-c3ccc(Cl)cc3)cc(-c3ccc(C)cc3)[n+]2C)cc1.[I-]. The molecule has 4 rings (SSSR count). The van der Waals surface area contributed by atoms with Crippen molar-refractivity contribution in [1.82, 2.24) is 0 Å². The number of anilines is 1. The highest BCUT2D eigenvalue weighted by Crippen LogP contribution is 2.27. The number of nitrogens with zero attached hydrogens (tertiary/aromatic N) is 2. The fourth-order valence-electron chi connectivity index (χ4n) is 4.22. The van der Waals surface area contributed by atoms with E-state index in [2.05, 4.69) is 122 Å². The van der Waals surface area contributed by atoms with Crippen molar-refractivity contribution in [3.8, 4) is 22.4 Å². The van der Waals surface area contributed by atoms with E-state index in [1.807, 2.05) is 12.1 Å². The molecule has 0 radical (unpaired) electrons. The second-order valence-electron chi connectivity index (χ2n) is 8.58. The number of aryl methyl sites for hydroxylation is 1. The van der Waals surface area contributed by atoms with E-state index in [4.69, 9.17) is 11.6 Å². The number of halogens is 2. The molecule has 0 fully saturated rings. The van der Waals surface area contributed by atoms with Crippen LogP contribution in [0.3, 0.4) is 0 Å². The zero-order valence-electron chi connectivity index (χ0n) is 20.8. The molecule has 0 atom stereocenters. The Morgan fingerprint density at radius 2 is 1.34 bits per heavy atom. The molecule has 0 saturated heterocycles. The van der Waals surface area contributed by atoms with Crippen LogP contribution < -0.4 is 33.4 Å². The van der Waals surface area contributed by atoms with Crippen molar-refractivity contribution in [2.45, 2.75) is 20.8 Å². The van der Waals surface area contributed by atoms with Crippen molar-refractivity contribution >= 4 is 29.4 Å². The van der Waals surface area contributed by atoms with Gasteiger partial charge in [0.15, 0.2) is 0 Å². The molecule has 4 aromatic rings. The van der Waals surface area contributed by atoms with E-state index in [-0.39, 0.29) is 24.0 Å². The molecule has 0 amide bonds. The van der Waals surface area contributed by atoms with Gasteiger partial charge in [0, 0.05) is 47.6 Å². The minimum atomic E-state index is 0. The Balaban J connectivity index is 0.00000342. The largest absolute Gasteiger partial charge is 1.00 e. The van der Waals surface area contributed by atoms with Crippen LogP contribution in [0, 0.1) is 6.92 Å². The minimum absolute atomic E-state index is 0. The average molecular weight is 595 g/mol. The summed E-state index contributed by atoms with van der Waals surface area (Å²) in [5, 5.41) is 0.747. The lowest BCUT2D eigenvalue weighted by Crippen LogP contribution is -3.00. The van der Waals surface area contributed by atoms with Crippen molar-refractivity contribution in [3.63, 3.8) is 0 Å². The van der Waals surface area contributed by atoms with Gasteiger partial charge in [0.1, 0.15) is 7.05 Å². The van der Waals surface area contributed by atoms with Gasteiger partial charge < -0.3 is 28.9 Å². The van der Waals surface area contributed by atoms with Crippen LogP contribution in [0.2, 0.25) is 5.02 Å². The maximum absolute atomic E-state index is 6.15. The third-order valence-electron chi connectivity index (χ3n) is 6.34. The molecule has 0 aliphatic carbocycles. The molecule has 2 nitrogen and oxygen atoms in total. The van der Waals surface area contributed by atoms with Crippen LogP contribution in [-0.2, 0) is 7.05 Å². The van der Waals surface area contributed by atoms with Crippen molar-refractivity contribution < 1.29 is 28.5 Å². The van der Waals surface area contributed by atoms with Gasteiger partial charge in [-0.15, -0.1) is 0 Å². The quantitative estimate of drug-likeness (QED) is 0.220. The fourth-order valence-corrected chi connectivity index (χ4v) is 4.34. The molecule has 0 aliphatic heterocycles. The van der Waals surface area contributed by atoms with E-state index in [0.717, 1.165) is 29.4 Å². The normalized spacial score (nSPS) is 10.9. The summed E-state index contributed by atoms with van der Waals surface area (Å²) in [7, 11) is 2.13. The standard InChI is InChI=1S/C31H32ClN2.HI/c1-5-34(6-2)29-18-9-24(10-19-29)11-20-30-21-27(25-14-16-28(32)17-15-25)22-31(33(30)4)26-12-7-23(3)8-13-26;/h7-22H,5-6H2,1-4H3;1H/q+1;/p-1. The highest BCUT2D eigenvalue weighted by molar-refractivity contribution is 6.30. The molecule has 35 heavy (non-hydrogen) atoms. The Labute approximate surface area is 231 Å². The van der Waals surface area contributed by atoms with Gasteiger partial charge in [-0.25, -0.2) is 0 Å². The Kier molecular flexibility index (Phi) is 9.53. The third-order valence-corrected chi connectivity index (χ3v) is 6.59. The average Bonchev–Trinajstić information content (AvgIpc) is 2.86. The van der Waals surface area contributed by atoms with Crippen molar-refractivity contribution in [2.24, 2.45) is 7.05 Å². The second kappa shape index (κ2) is 12.4. The predicted octanol–water partition coefficient (Wildman–Crippen LogP) is 4.83. The van der Waals surface area contributed by atoms with Gasteiger partial charge in [-0.05, 0) is 79.9 Å². The highest BCUT2D eigenvalue weighted by Gasteiger charge is 2.16. The highest BCUT2D eigenvalue weighted by atomic mass is 127. The topological polar surface area (TPSA) is 7.12 Å². The summed E-state index contributed by atoms with van der Waals surface area (Å²) in [4.78, 5) is 2.36. The molecular weight excluding hydrogens is 563 g/mol. The minimum Gasteiger partial charge on any atom is -1.00 e. The van der Waals surface area contributed by atoms with Crippen LogP contribution >= 0.6 is 11.6 Å². The Bertz CT molecular complexity index is 1270. The summed E-state index contributed by atoms with van der Waals surface area (Å²) in [5.41, 5.74) is 9.53. The summed E-state index contributed by atoms with van der Waals surface area (Å²) in [5.74, 6) is 0. The number of rotatable bonds is 7. The van der Waals surface area contributed by atoms with Crippen LogP contribution in [-0.4, -0.2) is 13.1 Å². The molecule has 0 saturated carbocycles. The van der Waals surface area contributed by atoms with Gasteiger partial charge in [0.05, 0.1) is 0 Å². The molecule has 1 aromatic heterocycles. The summed E-state index contributed by atoms with van der Waals surface area (Å²) in [6.45, 7) is 8.53. The van der Waals surface area contributed by atoms with Crippen LogP contribution in [0.5, 0.6) is 0 Å². The zero-order chi connectivity index (χ0) is 24.1. The van der Waals surface area contributed by atoms with Gasteiger partial charge in [-0.1, -0.05) is 53.6 Å². The monoisotopic (exact) mass is 594 g/mol. The van der Waals surface area contributed by atoms with E-state index >= 15 is 0 Å². The number of pyridine rings is 1. The van der Waals surface area contributed by atoms with Crippen LogP contribution in [0.25, 0.3) is 34.5 Å². The van der Waals surface area contributed by atoms with Crippen molar-refractivity contribution in [1.29, 1.82) is 0 Å². The van der Waals surface area contributed by atoms with Gasteiger partial charge in [0.2, 0.25) is 11.4 Å². The molecule has 1 heterocycles. The summed E-state index contributed by atoms with van der Waals surface area (Å²) in [6.07, 6.45) is 4.38. The first-order chi connectivity index (χ1) is 16.5. The molecule has 4 heteroatoms. The van der Waals surface area contributed by atoms with E-state index in [9.17, 15) is 0 Å². The summed E-state index contributed by atoms with van der Waals surface area (Å²) in [6, 6.07) is 30.0. The van der Waals surface area contributed by atoms with Crippen LogP contribution in [0.15, 0.2) is 84.9 Å². The molecule has 0 bridgehead atoms. The lowest BCUT2D eigenvalue weighted by Gasteiger charge is -2.20. The summed E-state index contributed by atoms with van der Waals surface area (Å²) < 4.78 is 2.25. The van der Waals surface area contributed by atoms with Crippen LogP contribution in [0.1, 0.15) is 30.7 Å². The van der Waals surface area contributed by atoms with Crippen LogP contribution in [0.4, 0.5) is 5.69 Å². The first-order valence-corrected chi connectivity index (χ1v) is 12.3. The first-order valence-electron chi connectivity index (χ1n) is 11.9.